The maximum Gasteiger partial charge on any atom is 0.410 e. The van der Waals surface area contributed by atoms with Gasteiger partial charge in [-0.1, -0.05) is 24.3 Å². The molecule has 164 valence electrons. The second kappa shape index (κ2) is 9.20. The molecule has 0 saturated carbocycles. The molecule has 1 heterocycles. The van der Waals surface area contributed by atoms with E-state index in [4.69, 9.17) is 16.2 Å². The Balaban J connectivity index is 1.68. The Labute approximate surface area is 183 Å². The summed E-state index contributed by atoms with van der Waals surface area (Å²) in [5, 5.41) is 0. The molecule has 0 radical (unpaired) electrons. The Hall–Kier alpha value is -3.35. The number of amides is 2. The van der Waals surface area contributed by atoms with Crippen LogP contribution in [0.3, 0.4) is 0 Å². The van der Waals surface area contributed by atoms with Gasteiger partial charge in [0.2, 0.25) is 0 Å². The summed E-state index contributed by atoms with van der Waals surface area (Å²) in [6.45, 7) is 7.00. The number of piperidine rings is 1. The fourth-order valence-corrected chi connectivity index (χ4v) is 3.63. The largest absolute Gasteiger partial charge is 0.444 e. The maximum atomic E-state index is 12.4. The average molecular weight is 423 g/mol. The number of hydrogen-bond acceptors (Lipinski definition) is 5. The van der Waals surface area contributed by atoms with E-state index in [9.17, 15) is 9.59 Å². The van der Waals surface area contributed by atoms with E-state index in [1.54, 1.807) is 29.3 Å². The molecule has 0 bridgehead atoms. The Bertz CT molecular complexity index is 977. The number of aliphatic imine (C=N–C) groups is 1. The second-order valence-corrected chi connectivity index (χ2v) is 8.79. The molecule has 1 aliphatic rings. The van der Waals surface area contributed by atoms with Crippen LogP contribution >= 0.6 is 0 Å². The average Bonchev–Trinajstić information content (AvgIpc) is 2.72. The molecule has 7 heteroatoms. The number of nitrogen functional groups attached to an aromatic ring is 1. The molecule has 4 N–H and O–H groups in total. The van der Waals surface area contributed by atoms with Gasteiger partial charge in [-0.25, -0.2) is 4.79 Å². The van der Waals surface area contributed by atoms with Gasteiger partial charge in [0.05, 0.1) is 16.9 Å². The van der Waals surface area contributed by atoms with Crippen LogP contribution in [0.25, 0.3) is 0 Å². The van der Waals surface area contributed by atoms with Crippen LogP contribution in [0, 0.1) is 0 Å². The van der Waals surface area contributed by atoms with Gasteiger partial charge < -0.3 is 21.1 Å². The number of para-hydroxylation sites is 1. The van der Waals surface area contributed by atoms with E-state index in [0.29, 0.717) is 17.8 Å². The molecule has 31 heavy (non-hydrogen) atoms. The maximum absolute atomic E-state index is 12.4. The van der Waals surface area contributed by atoms with E-state index < -0.39 is 11.5 Å². The molecule has 2 amide bonds. The number of rotatable bonds is 4. The van der Waals surface area contributed by atoms with Crippen molar-refractivity contribution < 1.29 is 14.3 Å². The van der Waals surface area contributed by atoms with Gasteiger partial charge in [-0.3, -0.25) is 9.79 Å². The first-order valence-corrected chi connectivity index (χ1v) is 10.4. The van der Waals surface area contributed by atoms with Crippen molar-refractivity contribution in [1.29, 1.82) is 0 Å². The van der Waals surface area contributed by atoms with E-state index in [2.05, 4.69) is 4.99 Å². The number of benzene rings is 2. The highest BCUT2D eigenvalue weighted by atomic mass is 16.6. The summed E-state index contributed by atoms with van der Waals surface area (Å²) in [4.78, 5) is 30.1. The van der Waals surface area contributed by atoms with E-state index in [1.807, 2.05) is 45.0 Å². The summed E-state index contributed by atoms with van der Waals surface area (Å²) in [6, 6.07) is 13.1. The Kier molecular flexibility index (Phi) is 6.63. The Morgan fingerprint density at radius 1 is 1.16 bits per heavy atom. The molecule has 1 saturated heterocycles. The van der Waals surface area contributed by atoms with Crippen molar-refractivity contribution in [3.8, 4) is 0 Å². The number of anilines is 1. The fraction of sp³-hybridized carbons (Fsp3) is 0.375. The first-order chi connectivity index (χ1) is 14.6. The third-order valence-electron chi connectivity index (χ3n) is 5.20. The number of nitrogens with zero attached hydrogens (tertiary/aromatic N) is 2. The lowest BCUT2D eigenvalue weighted by atomic mass is 9.91. The zero-order chi connectivity index (χ0) is 22.6. The number of ether oxygens (including phenoxy) is 1. The molecule has 2 aromatic rings. The van der Waals surface area contributed by atoms with Gasteiger partial charge in [0, 0.05) is 30.8 Å². The van der Waals surface area contributed by atoms with E-state index in [0.717, 1.165) is 25.1 Å². The number of hydrogen-bond donors (Lipinski definition) is 2. The second-order valence-electron chi connectivity index (χ2n) is 8.79. The fourth-order valence-electron chi connectivity index (χ4n) is 3.63. The summed E-state index contributed by atoms with van der Waals surface area (Å²) >= 11 is 0. The molecular formula is C24H30N4O3. The highest BCUT2D eigenvalue weighted by Crippen LogP contribution is 2.29. The van der Waals surface area contributed by atoms with Crippen molar-refractivity contribution in [3.63, 3.8) is 0 Å². The summed E-state index contributed by atoms with van der Waals surface area (Å²) in [7, 11) is 0. The zero-order valence-electron chi connectivity index (χ0n) is 18.3. The van der Waals surface area contributed by atoms with Crippen molar-refractivity contribution >= 4 is 29.6 Å². The van der Waals surface area contributed by atoms with E-state index in [1.165, 1.54) is 5.56 Å². The zero-order valence-corrected chi connectivity index (χ0v) is 18.3. The highest BCUT2D eigenvalue weighted by molar-refractivity contribution is 6.02. The monoisotopic (exact) mass is 422 g/mol. The third-order valence-corrected chi connectivity index (χ3v) is 5.20. The van der Waals surface area contributed by atoms with E-state index in [-0.39, 0.29) is 17.6 Å². The SMILES string of the molecule is CC(C)(C)OC(=O)N1CCC[C@@H](c2ccc(/N=C/c3cccc(C(N)=O)c3N)cc2)C1. The molecule has 0 aliphatic carbocycles. The van der Waals surface area contributed by atoms with Crippen LogP contribution in [0.4, 0.5) is 16.2 Å². The number of primary amides is 1. The van der Waals surface area contributed by atoms with Gasteiger partial charge in [-0.05, 0) is 57.4 Å². The van der Waals surface area contributed by atoms with Crippen molar-refractivity contribution in [2.45, 2.75) is 45.1 Å². The Morgan fingerprint density at radius 3 is 2.52 bits per heavy atom. The molecule has 7 nitrogen and oxygen atoms in total. The lowest BCUT2D eigenvalue weighted by molar-refractivity contribution is 0.0198. The summed E-state index contributed by atoms with van der Waals surface area (Å²) < 4.78 is 5.52. The first kappa shape index (κ1) is 22.3. The number of likely N-dealkylation sites (tertiary alicyclic amines) is 1. The van der Waals surface area contributed by atoms with Crippen molar-refractivity contribution in [3.05, 3.63) is 59.2 Å². The van der Waals surface area contributed by atoms with Crippen LogP contribution in [0.15, 0.2) is 47.5 Å². The minimum absolute atomic E-state index is 0.255. The molecule has 0 unspecified atom stereocenters. The smallest absolute Gasteiger partial charge is 0.410 e. The minimum atomic E-state index is -0.565. The third kappa shape index (κ3) is 5.84. The van der Waals surface area contributed by atoms with Crippen LogP contribution in [0.5, 0.6) is 0 Å². The molecule has 2 aromatic carbocycles. The number of carbonyl (C=O) groups excluding carboxylic acids is 2. The van der Waals surface area contributed by atoms with Gasteiger partial charge in [0.25, 0.3) is 5.91 Å². The molecule has 1 aliphatic heterocycles. The summed E-state index contributed by atoms with van der Waals surface area (Å²) in [5.74, 6) is -0.299. The molecule has 1 fully saturated rings. The molecule has 0 aromatic heterocycles. The summed E-state index contributed by atoms with van der Waals surface area (Å²) in [5.41, 5.74) is 14.0. The van der Waals surface area contributed by atoms with Crippen molar-refractivity contribution in [2.75, 3.05) is 18.8 Å². The van der Waals surface area contributed by atoms with Crippen LogP contribution < -0.4 is 11.5 Å². The standard InChI is InChI=1S/C24H30N4O3/c1-24(2,3)31-23(30)28-13-5-7-18(15-28)16-9-11-19(12-10-16)27-14-17-6-4-8-20(21(17)25)22(26)29/h4,6,8-12,14,18H,5,7,13,15,25H2,1-3H3,(H2,26,29)/b27-14+/t18-/m1/s1. The first-order valence-electron chi connectivity index (χ1n) is 10.4. The molecule has 3 rings (SSSR count). The van der Waals surface area contributed by atoms with Crippen molar-refractivity contribution in [1.82, 2.24) is 4.90 Å². The van der Waals surface area contributed by atoms with Crippen LogP contribution in [-0.4, -0.2) is 41.8 Å². The summed E-state index contributed by atoms with van der Waals surface area (Å²) in [6.07, 6.45) is 3.34. The topological polar surface area (TPSA) is 111 Å². The lowest BCUT2D eigenvalue weighted by Gasteiger charge is -2.34. The van der Waals surface area contributed by atoms with Crippen molar-refractivity contribution in [2.24, 2.45) is 10.7 Å². The van der Waals surface area contributed by atoms with Gasteiger partial charge in [0.15, 0.2) is 0 Å². The van der Waals surface area contributed by atoms with Crippen LogP contribution in [-0.2, 0) is 4.74 Å². The van der Waals surface area contributed by atoms with Gasteiger partial charge >= 0.3 is 6.09 Å². The molecule has 0 spiro atoms. The van der Waals surface area contributed by atoms with E-state index >= 15 is 0 Å². The highest BCUT2D eigenvalue weighted by Gasteiger charge is 2.28. The van der Waals surface area contributed by atoms with Crippen LogP contribution in [0.2, 0.25) is 0 Å². The number of nitrogens with two attached hydrogens (primary N) is 2. The predicted molar refractivity (Wildman–Crippen MR) is 123 cm³/mol. The Morgan fingerprint density at radius 2 is 1.87 bits per heavy atom. The molecule has 1 atom stereocenters. The van der Waals surface area contributed by atoms with Crippen LogP contribution in [0.1, 0.15) is 61.0 Å². The minimum Gasteiger partial charge on any atom is -0.444 e. The lowest BCUT2D eigenvalue weighted by Crippen LogP contribution is -2.42. The number of carbonyl (C=O) groups is 2. The van der Waals surface area contributed by atoms with Gasteiger partial charge in [0.1, 0.15) is 5.60 Å². The quantitative estimate of drug-likeness (QED) is 0.567. The van der Waals surface area contributed by atoms with Gasteiger partial charge in [-0.15, -0.1) is 0 Å². The molecular weight excluding hydrogens is 392 g/mol. The van der Waals surface area contributed by atoms with Gasteiger partial charge in [-0.2, -0.15) is 0 Å². The normalized spacial score (nSPS) is 17.0. The predicted octanol–water partition coefficient (Wildman–Crippen LogP) is 4.23.